The molecule has 3 atom stereocenters. The van der Waals surface area contributed by atoms with Crippen LogP contribution in [0.15, 0.2) is 12.2 Å². The van der Waals surface area contributed by atoms with Crippen LogP contribution in [0.2, 0.25) is 0 Å². The minimum Gasteiger partial charge on any atom is -0.299 e. The molecule has 0 saturated heterocycles. The van der Waals surface area contributed by atoms with Gasteiger partial charge >= 0.3 is 0 Å². The fraction of sp³-hybridized carbons (Fsp3) is 0.727. The maximum atomic E-state index is 11.8. The van der Waals surface area contributed by atoms with Crippen LogP contribution in [0.3, 0.4) is 0 Å². The highest BCUT2D eigenvalue weighted by molar-refractivity contribution is 5.89. The van der Waals surface area contributed by atoms with E-state index in [1.54, 1.807) is 0 Å². The van der Waals surface area contributed by atoms with Crippen molar-refractivity contribution in [3.05, 3.63) is 12.2 Å². The zero-order valence-corrected chi connectivity index (χ0v) is 8.00. The topological polar surface area (TPSA) is 17.1 Å². The summed E-state index contributed by atoms with van der Waals surface area (Å²) in [6.45, 7) is 6.56. The van der Waals surface area contributed by atoms with Crippen molar-refractivity contribution in [1.82, 2.24) is 0 Å². The van der Waals surface area contributed by atoms with Gasteiger partial charge in [0, 0.05) is 11.8 Å². The molecule has 0 aromatic rings. The van der Waals surface area contributed by atoms with Gasteiger partial charge in [-0.15, -0.1) is 0 Å². The molecule has 2 aliphatic carbocycles. The first-order chi connectivity index (χ1) is 5.52. The van der Waals surface area contributed by atoms with Crippen molar-refractivity contribution in [3.63, 3.8) is 0 Å². The summed E-state index contributed by atoms with van der Waals surface area (Å²) < 4.78 is 0. The molecule has 2 bridgehead atoms. The van der Waals surface area contributed by atoms with Crippen LogP contribution in [-0.2, 0) is 4.79 Å². The smallest absolute Gasteiger partial charge is 0.143 e. The molecule has 0 aliphatic heterocycles. The highest BCUT2D eigenvalue weighted by Gasteiger charge is 2.49. The molecule has 66 valence electrons. The number of allylic oxidation sites excluding steroid dienone is 2. The lowest BCUT2D eigenvalue weighted by Crippen LogP contribution is -2.24. The molecule has 0 amide bonds. The lowest BCUT2D eigenvalue weighted by molar-refractivity contribution is -0.124. The summed E-state index contributed by atoms with van der Waals surface area (Å²) in [6, 6.07) is 0. The van der Waals surface area contributed by atoms with E-state index >= 15 is 0 Å². The van der Waals surface area contributed by atoms with Gasteiger partial charge in [-0.25, -0.2) is 0 Å². The molecule has 3 unspecified atom stereocenters. The monoisotopic (exact) mass is 164 g/mol. The van der Waals surface area contributed by atoms with Gasteiger partial charge in [-0.1, -0.05) is 32.9 Å². The van der Waals surface area contributed by atoms with Crippen LogP contribution in [0.1, 0.15) is 27.2 Å². The average Bonchev–Trinajstić information content (AvgIpc) is 2.09. The molecule has 0 heterocycles. The minimum atomic E-state index is 0.207. The van der Waals surface area contributed by atoms with Gasteiger partial charge in [0.25, 0.3) is 0 Å². The summed E-state index contributed by atoms with van der Waals surface area (Å²) in [5.41, 5.74) is 0.211. The van der Waals surface area contributed by atoms with Gasteiger partial charge in [-0.2, -0.15) is 0 Å². The van der Waals surface area contributed by atoms with Crippen molar-refractivity contribution in [2.45, 2.75) is 27.2 Å². The zero-order chi connectivity index (χ0) is 8.93. The fourth-order valence-corrected chi connectivity index (χ4v) is 2.63. The molecular weight excluding hydrogens is 148 g/mol. The van der Waals surface area contributed by atoms with Crippen LogP contribution in [0.4, 0.5) is 0 Å². The first-order valence-corrected chi connectivity index (χ1v) is 4.74. The Morgan fingerprint density at radius 3 is 2.67 bits per heavy atom. The van der Waals surface area contributed by atoms with Crippen molar-refractivity contribution >= 4 is 5.78 Å². The van der Waals surface area contributed by atoms with Crippen molar-refractivity contribution in [2.24, 2.45) is 23.2 Å². The molecule has 1 fully saturated rings. The third kappa shape index (κ3) is 0.886. The summed E-state index contributed by atoms with van der Waals surface area (Å²) in [7, 11) is 0. The Morgan fingerprint density at radius 2 is 2.08 bits per heavy atom. The van der Waals surface area contributed by atoms with Gasteiger partial charge in [-0.05, 0) is 17.8 Å². The Labute approximate surface area is 73.8 Å². The van der Waals surface area contributed by atoms with Gasteiger partial charge in [0.05, 0.1) is 0 Å². The Bertz CT molecular complexity index is 250. The molecule has 0 spiro atoms. The number of ketones is 1. The number of fused-ring (bicyclic) bond motifs is 2. The lowest BCUT2D eigenvalue weighted by atomic mass is 9.81. The summed E-state index contributed by atoms with van der Waals surface area (Å²) in [5.74, 6) is 1.47. The SMILES string of the molecule is CC1C=CC2C(=O)C1CC2(C)C. The number of rotatable bonds is 0. The van der Waals surface area contributed by atoms with E-state index in [1.807, 2.05) is 0 Å². The van der Waals surface area contributed by atoms with E-state index < -0.39 is 0 Å². The third-order valence-corrected chi connectivity index (χ3v) is 3.50. The molecule has 0 aromatic heterocycles. The largest absolute Gasteiger partial charge is 0.299 e. The van der Waals surface area contributed by atoms with Crippen LogP contribution in [0.5, 0.6) is 0 Å². The van der Waals surface area contributed by atoms with E-state index in [0.717, 1.165) is 6.42 Å². The van der Waals surface area contributed by atoms with Crippen LogP contribution in [0.25, 0.3) is 0 Å². The van der Waals surface area contributed by atoms with E-state index in [0.29, 0.717) is 17.6 Å². The summed E-state index contributed by atoms with van der Waals surface area (Å²) in [5, 5.41) is 0. The molecular formula is C11H16O. The van der Waals surface area contributed by atoms with E-state index in [-0.39, 0.29) is 11.3 Å². The van der Waals surface area contributed by atoms with E-state index in [1.165, 1.54) is 0 Å². The number of hydrogen-bond acceptors (Lipinski definition) is 1. The Balaban J connectivity index is 2.40. The number of carbonyl (C=O) groups is 1. The van der Waals surface area contributed by atoms with Crippen LogP contribution >= 0.6 is 0 Å². The minimum absolute atomic E-state index is 0.207. The fourth-order valence-electron chi connectivity index (χ4n) is 2.63. The molecule has 0 radical (unpaired) electrons. The van der Waals surface area contributed by atoms with Gasteiger partial charge in [0.2, 0.25) is 0 Å². The molecule has 1 heteroatoms. The lowest BCUT2D eigenvalue weighted by Gasteiger charge is -2.22. The van der Waals surface area contributed by atoms with Crippen LogP contribution < -0.4 is 0 Å². The molecule has 1 saturated carbocycles. The number of Topliss-reactive ketones (excluding diaryl/α,β-unsaturated/α-hetero) is 1. The zero-order valence-electron chi connectivity index (χ0n) is 8.00. The number of hydrogen-bond donors (Lipinski definition) is 0. The molecule has 1 nitrogen and oxygen atoms in total. The van der Waals surface area contributed by atoms with E-state index in [4.69, 9.17) is 0 Å². The number of carbonyl (C=O) groups excluding carboxylic acids is 1. The molecule has 2 rings (SSSR count). The normalized spacial score (nSPS) is 43.6. The second-order valence-electron chi connectivity index (χ2n) is 4.92. The molecule has 0 N–H and O–H groups in total. The standard InChI is InChI=1S/C11H16O/c1-7-4-5-9-10(12)8(7)6-11(9,2)3/h4-5,7-9H,6H2,1-3H3. The predicted octanol–water partition coefficient (Wildman–Crippen LogP) is 2.42. The van der Waals surface area contributed by atoms with Crippen molar-refractivity contribution in [3.8, 4) is 0 Å². The van der Waals surface area contributed by atoms with Crippen molar-refractivity contribution in [1.29, 1.82) is 0 Å². The maximum absolute atomic E-state index is 11.8. The Morgan fingerprint density at radius 1 is 1.42 bits per heavy atom. The summed E-state index contributed by atoms with van der Waals surface area (Å²) in [6.07, 6.45) is 5.41. The Kier molecular flexibility index (Phi) is 1.48. The van der Waals surface area contributed by atoms with Gasteiger partial charge in [-0.3, -0.25) is 4.79 Å². The van der Waals surface area contributed by atoms with Crippen LogP contribution in [-0.4, -0.2) is 5.78 Å². The highest BCUT2D eigenvalue weighted by atomic mass is 16.1. The summed E-state index contributed by atoms with van der Waals surface area (Å²) in [4.78, 5) is 11.8. The van der Waals surface area contributed by atoms with Gasteiger partial charge in [0.1, 0.15) is 5.78 Å². The quantitative estimate of drug-likeness (QED) is 0.502. The maximum Gasteiger partial charge on any atom is 0.143 e. The Hall–Kier alpha value is -0.590. The summed E-state index contributed by atoms with van der Waals surface area (Å²) >= 11 is 0. The van der Waals surface area contributed by atoms with E-state index in [2.05, 4.69) is 32.9 Å². The second-order valence-corrected chi connectivity index (χ2v) is 4.92. The first kappa shape index (κ1) is 8.03. The van der Waals surface area contributed by atoms with Gasteiger partial charge < -0.3 is 0 Å². The second kappa shape index (κ2) is 2.21. The van der Waals surface area contributed by atoms with Gasteiger partial charge in [0.15, 0.2) is 0 Å². The molecule has 0 aromatic carbocycles. The third-order valence-electron chi connectivity index (χ3n) is 3.50. The van der Waals surface area contributed by atoms with Crippen molar-refractivity contribution in [2.75, 3.05) is 0 Å². The van der Waals surface area contributed by atoms with Crippen molar-refractivity contribution < 1.29 is 4.79 Å². The highest BCUT2D eigenvalue weighted by Crippen LogP contribution is 2.49. The van der Waals surface area contributed by atoms with E-state index in [9.17, 15) is 4.79 Å². The van der Waals surface area contributed by atoms with Crippen LogP contribution in [0, 0.1) is 23.2 Å². The average molecular weight is 164 g/mol. The molecule has 2 aliphatic rings. The predicted molar refractivity (Wildman–Crippen MR) is 48.7 cm³/mol. The molecule has 12 heavy (non-hydrogen) atoms. The first-order valence-electron chi connectivity index (χ1n) is 4.74.